The lowest BCUT2D eigenvalue weighted by Crippen LogP contribution is -2.28. The zero-order valence-corrected chi connectivity index (χ0v) is 11.8. The van der Waals surface area contributed by atoms with E-state index in [2.05, 4.69) is 5.32 Å². The summed E-state index contributed by atoms with van der Waals surface area (Å²) in [5.74, 6) is -0.176. The fourth-order valence-corrected chi connectivity index (χ4v) is 1.97. The maximum absolute atomic E-state index is 11.9. The zero-order valence-electron chi connectivity index (χ0n) is 11.0. The Bertz CT molecular complexity index is 460. The van der Waals surface area contributed by atoms with E-state index in [9.17, 15) is 9.00 Å². The molecule has 1 amide bonds. The Morgan fingerprint density at radius 3 is 2.78 bits per heavy atom. The highest BCUT2D eigenvalue weighted by Gasteiger charge is 2.11. The third kappa shape index (κ3) is 4.14. The van der Waals surface area contributed by atoms with Crippen molar-refractivity contribution in [2.75, 3.05) is 18.5 Å². The van der Waals surface area contributed by atoms with Gasteiger partial charge in [-0.1, -0.05) is 18.6 Å². The molecule has 1 aromatic rings. The first-order chi connectivity index (χ1) is 8.41. The summed E-state index contributed by atoms with van der Waals surface area (Å²) >= 11 is 0. The van der Waals surface area contributed by atoms with E-state index < -0.39 is 10.8 Å². The fraction of sp³-hybridized carbons (Fsp3) is 0.462. The average molecular weight is 268 g/mol. The van der Waals surface area contributed by atoms with Crippen LogP contribution in [0.25, 0.3) is 0 Å². The van der Waals surface area contributed by atoms with Gasteiger partial charge in [-0.2, -0.15) is 0 Å². The summed E-state index contributed by atoms with van der Waals surface area (Å²) in [4.78, 5) is 11.9. The van der Waals surface area contributed by atoms with Crippen LogP contribution in [0.15, 0.2) is 18.2 Å². The van der Waals surface area contributed by atoms with Crippen LogP contribution in [0.3, 0.4) is 0 Å². The van der Waals surface area contributed by atoms with Gasteiger partial charge in [0.25, 0.3) is 5.91 Å². The lowest BCUT2D eigenvalue weighted by Gasteiger charge is -2.10. The van der Waals surface area contributed by atoms with Crippen LogP contribution in [0.1, 0.15) is 29.3 Å². The number of anilines is 1. The molecule has 5 heteroatoms. The third-order valence-electron chi connectivity index (χ3n) is 2.86. The van der Waals surface area contributed by atoms with E-state index in [0.29, 0.717) is 24.2 Å². The van der Waals surface area contributed by atoms with E-state index in [1.165, 1.54) is 0 Å². The number of nitrogens with one attached hydrogen (secondary N) is 1. The first kappa shape index (κ1) is 14.7. The minimum Gasteiger partial charge on any atom is -0.398 e. The summed E-state index contributed by atoms with van der Waals surface area (Å²) in [5, 5.41) is 2.88. The van der Waals surface area contributed by atoms with Crippen LogP contribution >= 0.6 is 0 Å². The molecular weight excluding hydrogens is 248 g/mol. The molecule has 0 aliphatic heterocycles. The van der Waals surface area contributed by atoms with Gasteiger partial charge in [0.15, 0.2) is 0 Å². The molecule has 0 spiro atoms. The number of amides is 1. The number of nitrogens with two attached hydrogens (primary N) is 1. The molecule has 0 heterocycles. The maximum Gasteiger partial charge on any atom is 0.253 e. The van der Waals surface area contributed by atoms with Gasteiger partial charge in [-0.3, -0.25) is 9.00 Å². The molecule has 0 saturated heterocycles. The molecular formula is C13H20N2O2S. The van der Waals surface area contributed by atoms with Crippen LogP contribution in [0.5, 0.6) is 0 Å². The molecule has 4 nitrogen and oxygen atoms in total. The maximum atomic E-state index is 11.9. The van der Waals surface area contributed by atoms with Gasteiger partial charge >= 0.3 is 0 Å². The molecule has 0 fully saturated rings. The van der Waals surface area contributed by atoms with E-state index in [-0.39, 0.29) is 11.2 Å². The van der Waals surface area contributed by atoms with Crippen LogP contribution in [0, 0.1) is 6.92 Å². The Balaban J connectivity index is 2.55. The molecule has 3 N–H and O–H groups in total. The van der Waals surface area contributed by atoms with E-state index in [1.807, 2.05) is 19.9 Å². The largest absolute Gasteiger partial charge is 0.398 e. The molecule has 0 bridgehead atoms. The molecule has 1 aromatic carbocycles. The van der Waals surface area contributed by atoms with Crippen LogP contribution in [0.4, 0.5) is 5.69 Å². The van der Waals surface area contributed by atoms with Gasteiger partial charge in [0.2, 0.25) is 0 Å². The monoisotopic (exact) mass is 268 g/mol. The second-order valence-corrected chi connectivity index (χ2v) is 6.25. The number of carbonyl (C=O) groups excluding carboxylic acids is 1. The quantitative estimate of drug-likeness (QED) is 0.794. The van der Waals surface area contributed by atoms with Gasteiger partial charge in [-0.25, -0.2) is 0 Å². The van der Waals surface area contributed by atoms with Crippen molar-refractivity contribution in [2.24, 2.45) is 0 Å². The topological polar surface area (TPSA) is 72.2 Å². The van der Waals surface area contributed by atoms with Crippen LogP contribution in [0.2, 0.25) is 0 Å². The van der Waals surface area contributed by atoms with Crippen LogP contribution < -0.4 is 11.1 Å². The summed E-state index contributed by atoms with van der Waals surface area (Å²) in [6.07, 6.45) is 2.37. The molecule has 2 unspecified atom stereocenters. The fourth-order valence-electron chi connectivity index (χ4n) is 1.52. The van der Waals surface area contributed by atoms with Crippen molar-refractivity contribution < 1.29 is 9.00 Å². The van der Waals surface area contributed by atoms with Crippen molar-refractivity contribution in [1.82, 2.24) is 5.32 Å². The van der Waals surface area contributed by atoms with Crippen molar-refractivity contribution in [3.05, 3.63) is 29.3 Å². The molecule has 2 atom stereocenters. The van der Waals surface area contributed by atoms with Gasteiger partial charge < -0.3 is 11.1 Å². The second-order valence-electron chi connectivity index (χ2n) is 4.44. The normalized spacial score (nSPS) is 13.9. The molecule has 0 aliphatic carbocycles. The number of carbonyl (C=O) groups is 1. The number of benzene rings is 1. The highest BCUT2D eigenvalue weighted by molar-refractivity contribution is 7.84. The summed E-state index contributed by atoms with van der Waals surface area (Å²) in [6, 6.07) is 5.37. The zero-order chi connectivity index (χ0) is 13.7. The Morgan fingerprint density at radius 2 is 2.17 bits per heavy atom. The number of rotatable bonds is 5. The van der Waals surface area contributed by atoms with Gasteiger partial charge in [0, 0.05) is 34.5 Å². The Morgan fingerprint density at radius 1 is 1.50 bits per heavy atom. The molecule has 0 radical (unpaired) electrons. The highest BCUT2D eigenvalue weighted by Crippen LogP contribution is 2.13. The van der Waals surface area contributed by atoms with Crippen molar-refractivity contribution in [1.29, 1.82) is 0 Å². The predicted octanol–water partition coefficient (Wildman–Crippen LogP) is 1.46. The van der Waals surface area contributed by atoms with E-state index in [1.54, 1.807) is 18.4 Å². The van der Waals surface area contributed by atoms with Crippen molar-refractivity contribution in [2.45, 2.75) is 25.5 Å². The Kier molecular flexibility index (Phi) is 5.34. The number of nitrogen functional groups attached to an aromatic ring is 1. The number of hydrogen-bond acceptors (Lipinski definition) is 3. The SMILES string of the molecule is Cc1ccc(N)c(C(=O)NCCC(C)S(C)=O)c1. The van der Waals surface area contributed by atoms with E-state index in [4.69, 9.17) is 5.73 Å². The lowest BCUT2D eigenvalue weighted by atomic mass is 10.1. The lowest BCUT2D eigenvalue weighted by molar-refractivity contribution is 0.0954. The Hall–Kier alpha value is -1.36. The summed E-state index contributed by atoms with van der Waals surface area (Å²) in [6.45, 7) is 4.33. The second kappa shape index (κ2) is 6.54. The molecule has 0 aliphatic rings. The van der Waals surface area contributed by atoms with Gasteiger partial charge in [0.1, 0.15) is 0 Å². The van der Waals surface area contributed by atoms with Crippen LogP contribution in [-0.2, 0) is 10.8 Å². The smallest absolute Gasteiger partial charge is 0.253 e. The molecule has 0 saturated carbocycles. The first-order valence-electron chi connectivity index (χ1n) is 5.88. The number of aryl methyl sites for hydroxylation is 1. The summed E-state index contributed by atoms with van der Waals surface area (Å²) in [5.41, 5.74) is 7.74. The summed E-state index contributed by atoms with van der Waals surface area (Å²) < 4.78 is 11.2. The molecule has 18 heavy (non-hydrogen) atoms. The molecule has 100 valence electrons. The van der Waals surface area contributed by atoms with E-state index in [0.717, 1.165) is 5.56 Å². The van der Waals surface area contributed by atoms with Gasteiger partial charge in [-0.05, 0) is 25.5 Å². The van der Waals surface area contributed by atoms with Gasteiger partial charge in [0.05, 0.1) is 5.56 Å². The van der Waals surface area contributed by atoms with E-state index >= 15 is 0 Å². The summed E-state index contributed by atoms with van der Waals surface area (Å²) in [7, 11) is -0.854. The third-order valence-corrected chi connectivity index (χ3v) is 4.23. The van der Waals surface area contributed by atoms with Gasteiger partial charge in [-0.15, -0.1) is 0 Å². The molecule has 1 rings (SSSR count). The predicted molar refractivity (Wildman–Crippen MR) is 76.1 cm³/mol. The minimum absolute atomic E-state index is 0.0835. The number of hydrogen-bond donors (Lipinski definition) is 2. The van der Waals surface area contributed by atoms with Crippen molar-refractivity contribution in [3.8, 4) is 0 Å². The van der Waals surface area contributed by atoms with Crippen molar-refractivity contribution >= 4 is 22.4 Å². The Labute approximate surface area is 110 Å². The molecule has 0 aromatic heterocycles. The first-order valence-corrected chi connectivity index (χ1v) is 7.50. The van der Waals surface area contributed by atoms with Crippen LogP contribution in [-0.4, -0.2) is 28.2 Å². The standard InChI is InChI=1S/C13H20N2O2S/c1-9-4-5-12(14)11(8-9)13(16)15-7-6-10(2)18(3)17/h4-5,8,10H,6-7,14H2,1-3H3,(H,15,16). The highest BCUT2D eigenvalue weighted by atomic mass is 32.2. The van der Waals surface area contributed by atoms with Crippen molar-refractivity contribution in [3.63, 3.8) is 0 Å². The minimum atomic E-state index is -0.854. The average Bonchev–Trinajstić information content (AvgIpc) is 2.31.